The molecule has 0 aliphatic rings. The zero-order valence-corrected chi connectivity index (χ0v) is 13.2. The molecule has 0 bridgehead atoms. The molecule has 128 valence electrons. The second kappa shape index (κ2) is 6.77. The number of aliphatic hydroxyl groups is 2. The van der Waals surface area contributed by atoms with Gasteiger partial charge in [0, 0.05) is 11.1 Å². The van der Waals surface area contributed by atoms with Crippen molar-refractivity contribution in [3.8, 4) is 11.8 Å². The fourth-order valence-electron chi connectivity index (χ4n) is 2.66. The second-order valence-corrected chi connectivity index (χ2v) is 6.08. The van der Waals surface area contributed by atoms with E-state index in [0.29, 0.717) is 16.9 Å². The first-order chi connectivity index (χ1) is 10.5. The van der Waals surface area contributed by atoms with Crippen molar-refractivity contribution in [2.24, 2.45) is 0 Å². The molecular formula is C16H20F3NO3. The zero-order valence-electron chi connectivity index (χ0n) is 13.2. The van der Waals surface area contributed by atoms with E-state index in [1.165, 1.54) is 21.0 Å². The van der Waals surface area contributed by atoms with Gasteiger partial charge in [0.25, 0.3) is 0 Å². The number of nitrogens with zero attached hydrogens (tertiary/aromatic N) is 1. The molecule has 1 aromatic rings. The molecule has 0 radical (unpaired) electrons. The largest absolute Gasteiger partial charge is 0.496 e. The molecule has 23 heavy (non-hydrogen) atoms. The highest BCUT2D eigenvalue weighted by Gasteiger charge is 2.55. The lowest BCUT2D eigenvalue weighted by molar-refractivity contribution is -0.277. The van der Waals surface area contributed by atoms with Gasteiger partial charge in [-0.15, -0.1) is 0 Å². The van der Waals surface area contributed by atoms with E-state index in [1.807, 2.05) is 6.07 Å². The van der Waals surface area contributed by atoms with Crippen LogP contribution in [0.3, 0.4) is 0 Å². The molecule has 7 heteroatoms. The fraction of sp³-hybridized carbons (Fsp3) is 0.562. The summed E-state index contributed by atoms with van der Waals surface area (Å²) in [7, 11) is 1.37. The van der Waals surface area contributed by atoms with Gasteiger partial charge in [-0.2, -0.15) is 18.4 Å². The summed E-state index contributed by atoms with van der Waals surface area (Å²) in [5.41, 5.74) is -3.37. The normalized spacial score (nSPS) is 14.9. The summed E-state index contributed by atoms with van der Waals surface area (Å²) in [5, 5.41) is 27.7. The monoisotopic (exact) mass is 331 g/mol. The number of aliphatic hydroxyl groups excluding tert-OH is 1. The van der Waals surface area contributed by atoms with Crippen molar-refractivity contribution in [2.45, 2.75) is 43.9 Å². The number of hydrogen-bond acceptors (Lipinski definition) is 4. The molecule has 1 unspecified atom stereocenters. The molecule has 0 saturated heterocycles. The van der Waals surface area contributed by atoms with Crippen molar-refractivity contribution in [1.82, 2.24) is 0 Å². The van der Waals surface area contributed by atoms with E-state index in [-0.39, 0.29) is 6.42 Å². The number of hydrogen-bond donors (Lipinski definition) is 2. The Morgan fingerprint density at radius 3 is 2.30 bits per heavy atom. The molecule has 1 aromatic carbocycles. The Hall–Kier alpha value is -1.78. The minimum atomic E-state index is -4.96. The first kappa shape index (κ1) is 19.3. The number of nitriles is 1. The third-order valence-corrected chi connectivity index (χ3v) is 3.82. The smallest absolute Gasteiger partial charge is 0.419 e. The molecule has 4 nitrogen and oxygen atoms in total. The summed E-state index contributed by atoms with van der Waals surface area (Å²) in [5.74, 6) is 0.321. The molecule has 0 heterocycles. The highest BCUT2D eigenvalue weighted by atomic mass is 19.4. The average molecular weight is 331 g/mol. The van der Waals surface area contributed by atoms with E-state index in [4.69, 9.17) is 15.1 Å². The van der Waals surface area contributed by atoms with Crippen LogP contribution in [0.1, 0.15) is 31.4 Å². The molecule has 0 spiro atoms. The van der Waals surface area contributed by atoms with Gasteiger partial charge in [-0.25, -0.2) is 0 Å². The molecule has 0 fully saturated rings. The fourth-order valence-corrected chi connectivity index (χ4v) is 2.66. The molecule has 0 aliphatic heterocycles. The van der Waals surface area contributed by atoms with Crippen LogP contribution >= 0.6 is 0 Å². The molecule has 0 saturated carbocycles. The molecule has 0 amide bonds. The molecule has 0 aliphatic carbocycles. The quantitative estimate of drug-likeness (QED) is 0.840. The first-order valence-electron chi connectivity index (χ1n) is 6.95. The molecule has 1 rings (SSSR count). The van der Waals surface area contributed by atoms with E-state index in [1.54, 1.807) is 18.2 Å². The van der Waals surface area contributed by atoms with Crippen LogP contribution in [0.15, 0.2) is 18.2 Å². The van der Waals surface area contributed by atoms with Crippen LogP contribution in [0.5, 0.6) is 5.75 Å². The van der Waals surface area contributed by atoms with Crippen molar-refractivity contribution in [3.05, 3.63) is 29.3 Å². The lowest BCUT2D eigenvalue weighted by Crippen LogP contribution is -2.52. The standard InChI is InChI=1S/C16H20F3NO3/c1-14(2,9-15(22,10-21)16(17,18)19)12-6-4-5-11(7-8-20)13(12)23-3/h4-6,21-22H,7,9-10H2,1-3H3. The lowest BCUT2D eigenvalue weighted by atomic mass is 9.74. The summed E-state index contributed by atoms with van der Waals surface area (Å²) in [4.78, 5) is 0. The minimum absolute atomic E-state index is 0.0522. The summed E-state index contributed by atoms with van der Waals surface area (Å²) in [6.07, 6.45) is -5.65. The van der Waals surface area contributed by atoms with Gasteiger partial charge in [-0.3, -0.25) is 0 Å². The van der Waals surface area contributed by atoms with E-state index >= 15 is 0 Å². The molecule has 2 N–H and O–H groups in total. The van der Waals surface area contributed by atoms with Crippen LogP contribution < -0.4 is 4.74 Å². The van der Waals surface area contributed by atoms with Crippen molar-refractivity contribution < 1.29 is 28.1 Å². The van der Waals surface area contributed by atoms with Crippen LogP contribution in [0.4, 0.5) is 13.2 Å². The Bertz CT molecular complexity index is 593. The van der Waals surface area contributed by atoms with Crippen LogP contribution in [-0.2, 0) is 11.8 Å². The van der Waals surface area contributed by atoms with E-state index in [9.17, 15) is 18.3 Å². The zero-order chi connectivity index (χ0) is 17.9. The number of rotatable bonds is 6. The SMILES string of the molecule is COc1c(CC#N)cccc1C(C)(C)CC(O)(CO)C(F)(F)F. The maximum Gasteiger partial charge on any atom is 0.419 e. The van der Waals surface area contributed by atoms with Gasteiger partial charge in [0.05, 0.1) is 26.2 Å². The summed E-state index contributed by atoms with van der Waals surface area (Å²) in [6.45, 7) is 1.61. The van der Waals surface area contributed by atoms with Crippen LogP contribution in [0, 0.1) is 11.3 Å². The van der Waals surface area contributed by atoms with Gasteiger partial charge in [0.1, 0.15) is 5.75 Å². The van der Waals surface area contributed by atoms with Gasteiger partial charge in [0.15, 0.2) is 5.60 Å². The number of alkyl halides is 3. The Morgan fingerprint density at radius 1 is 1.26 bits per heavy atom. The summed E-state index contributed by atoms with van der Waals surface area (Å²) in [6, 6.07) is 6.84. The third kappa shape index (κ3) is 3.95. The Morgan fingerprint density at radius 2 is 1.87 bits per heavy atom. The van der Waals surface area contributed by atoms with Gasteiger partial charge >= 0.3 is 6.18 Å². The van der Waals surface area contributed by atoms with Crippen LogP contribution in [0.25, 0.3) is 0 Å². The molecule has 0 aromatic heterocycles. The number of benzene rings is 1. The van der Waals surface area contributed by atoms with Crippen LogP contribution in [0.2, 0.25) is 0 Å². The third-order valence-electron chi connectivity index (χ3n) is 3.82. The number of methoxy groups -OCH3 is 1. The van der Waals surface area contributed by atoms with Crippen LogP contribution in [-0.4, -0.2) is 35.7 Å². The van der Waals surface area contributed by atoms with Gasteiger partial charge in [-0.1, -0.05) is 32.0 Å². The molecular weight excluding hydrogens is 311 g/mol. The highest BCUT2D eigenvalue weighted by Crippen LogP contribution is 2.44. The van der Waals surface area contributed by atoms with Gasteiger partial charge in [0.2, 0.25) is 0 Å². The van der Waals surface area contributed by atoms with E-state index in [0.717, 1.165) is 0 Å². The average Bonchev–Trinajstić information content (AvgIpc) is 2.45. The van der Waals surface area contributed by atoms with Crippen molar-refractivity contribution in [2.75, 3.05) is 13.7 Å². The van der Waals surface area contributed by atoms with E-state index < -0.39 is 30.2 Å². The van der Waals surface area contributed by atoms with Crippen molar-refractivity contribution in [3.63, 3.8) is 0 Å². The predicted octanol–water partition coefficient (Wildman–Crippen LogP) is 2.71. The van der Waals surface area contributed by atoms with Gasteiger partial charge < -0.3 is 14.9 Å². The first-order valence-corrected chi connectivity index (χ1v) is 6.95. The predicted molar refractivity (Wildman–Crippen MR) is 78.0 cm³/mol. The minimum Gasteiger partial charge on any atom is -0.496 e. The van der Waals surface area contributed by atoms with Crippen molar-refractivity contribution >= 4 is 0 Å². The van der Waals surface area contributed by atoms with E-state index in [2.05, 4.69) is 0 Å². The van der Waals surface area contributed by atoms with Crippen molar-refractivity contribution in [1.29, 1.82) is 5.26 Å². The maximum atomic E-state index is 13.0. The summed E-state index contributed by atoms with van der Waals surface area (Å²) < 4.78 is 44.4. The topological polar surface area (TPSA) is 73.5 Å². The molecule has 1 atom stereocenters. The number of ether oxygens (including phenoxy) is 1. The Kier molecular flexibility index (Phi) is 5.67. The highest BCUT2D eigenvalue weighted by molar-refractivity contribution is 5.46. The number of halogens is 3. The summed E-state index contributed by atoms with van der Waals surface area (Å²) >= 11 is 0. The number of para-hydroxylation sites is 1. The second-order valence-electron chi connectivity index (χ2n) is 6.08. The lowest BCUT2D eigenvalue weighted by Gasteiger charge is -2.37. The Balaban J connectivity index is 3.34. The Labute approximate surface area is 133 Å². The maximum absolute atomic E-state index is 13.0. The van der Waals surface area contributed by atoms with Gasteiger partial charge in [-0.05, 0) is 11.8 Å².